The second-order valence-corrected chi connectivity index (χ2v) is 0. The first-order valence-electron chi connectivity index (χ1n) is 0. The fourth-order valence-electron chi connectivity index (χ4n) is 0. The molecule has 0 saturated heterocycles. The van der Waals surface area contributed by atoms with Crippen LogP contribution >= 0.6 is 0 Å². The van der Waals surface area contributed by atoms with Gasteiger partial charge in [-0.25, -0.2) is 0 Å². The number of hydrogen-bond donors (Lipinski definition) is 0. The fraction of sp³-hybridized carbons (Fsp3) is 0. The summed E-state index contributed by atoms with van der Waals surface area (Å²) in [7, 11) is 0. The van der Waals surface area contributed by atoms with Crippen LogP contribution in [0.15, 0.2) is 0 Å². The van der Waals surface area contributed by atoms with E-state index in [1.165, 1.54) is 0 Å². The van der Waals surface area contributed by atoms with Crippen LogP contribution in [0.5, 0.6) is 0 Å². The summed E-state index contributed by atoms with van der Waals surface area (Å²) < 4.78 is 0. The molecule has 0 unspecified atom stereocenters. The Kier molecular flexibility index (Phi) is 100.0. The molecule has 1 N–H and O–H groups in total. The van der Waals surface area contributed by atoms with Crippen LogP contribution in [0, 0.1) is 0 Å². The van der Waals surface area contributed by atoms with Crippen LogP contribution in [-0.2, 0) is 21.7 Å². The quantitative estimate of drug-likeness (QED) is 0.488. The van der Waals surface area contributed by atoms with Crippen LogP contribution < -0.4 is 0 Å². The third-order valence-corrected chi connectivity index (χ3v) is 0. The summed E-state index contributed by atoms with van der Waals surface area (Å²) in [6, 6.07) is 0. The molecule has 0 aliphatic carbocycles. The summed E-state index contributed by atoms with van der Waals surface area (Å²) in [5.41, 5.74) is 0. The zero-order valence-corrected chi connectivity index (χ0v) is 9.79. The molecule has 0 atom stereocenters. The predicted octanol–water partition coefficient (Wildman–Crippen LogP) is -1.74. The van der Waals surface area contributed by atoms with Gasteiger partial charge in [-0.15, -0.1) is 0 Å². The Hall–Kier alpha value is 3.73. The molecule has 0 aliphatic heterocycles. The Morgan fingerprint density at radius 2 is 1.00 bits per heavy atom. The van der Waals surface area contributed by atoms with Crippen molar-refractivity contribution in [2.75, 3.05) is 0 Å². The van der Waals surface area contributed by atoms with Gasteiger partial charge in [-0.1, -0.05) is 0 Å². The fourth-order valence-corrected chi connectivity index (χ4v) is 0. The molecule has 0 aromatic rings. The van der Waals surface area contributed by atoms with E-state index in [2.05, 4.69) is 0 Å². The zero-order chi connectivity index (χ0) is 0. The van der Waals surface area contributed by atoms with Crippen molar-refractivity contribution in [2.24, 2.45) is 0 Å². The van der Waals surface area contributed by atoms with Gasteiger partial charge < -0.3 is 5.48 Å². The van der Waals surface area contributed by atoms with E-state index in [4.69, 9.17) is 0 Å². The smallest absolute Gasteiger partial charge is 0 e. The maximum absolute atomic E-state index is 0. The minimum Gasteiger partial charge on any atom is 0 e. The molecule has 0 spiro atoms. The molecule has 1 nitrogen and oxygen atoms in total. The van der Waals surface area contributed by atoms with E-state index >= 15 is 0 Å². The van der Waals surface area contributed by atoms with Crippen LogP contribution in [0.2, 0.25) is 0 Å². The van der Waals surface area contributed by atoms with Gasteiger partial charge >= 0.3 is 94.4 Å². The molecule has 0 saturated carbocycles. The maximum Gasteiger partial charge on any atom is 0 e. The molecule has 0 rings (SSSR count). The molecular weight excluding hydrogens is 289 g/mol. The van der Waals surface area contributed by atoms with Crippen LogP contribution in [0.25, 0.3) is 0 Å². The minimum absolute atomic E-state index is 0. The van der Waals surface area contributed by atoms with Gasteiger partial charge in [-0.2, -0.15) is 0 Å². The molecule has 0 aromatic carbocycles. The summed E-state index contributed by atoms with van der Waals surface area (Å²) >= 11 is 0. The summed E-state index contributed by atoms with van der Waals surface area (Å²) in [5, 5.41) is 0. The van der Waals surface area contributed by atoms with Crippen LogP contribution in [0.3, 0.4) is 0 Å². The van der Waals surface area contributed by atoms with E-state index in [1.807, 2.05) is 0 Å². The Labute approximate surface area is 118 Å². The minimum atomic E-state index is 0. The van der Waals surface area contributed by atoms with Crippen molar-refractivity contribution in [3.8, 4) is 0 Å². The molecule has 18 valence electrons. The molecule has 4 heavy (non-hydrogen) atoms. The van der Waals surface area contributed by atoms with Gasteiger partial charge in [0, 0.05) is 21.7 Å². The average Bonchev–Trinajstić information content (AvgIpc) is 0. The largest absolute Gasteiger partial charge is 0 e. The zero-order valence-electron chi connectivity index (χ0n) is 1.95. The van der Waals surface area contributed by atoms with E-state index < -0.39 is 0 Å². The molecule has 4 heteroatoms. The first-order valence-corrected chi connectivity index (χ1v) is 0. The van der Waals surface area contributed by atoms with Crippen LogP contribution in [0.1, 0.15) is 0 Å². The third-order valence-electron chi connectivity index (χ3n) is 0. The van der Waals surface area contributed by atoms with Gasteiger partial charge in [-0.3, -0.25) is 0 Å². The summed E-state index contributed by atoms with van der Waals surface area (Å²) in [6.07, 6.45) is 0. The van der Waals surface area contributed by atoms with E-state index in [9.17, 15) is 0 Å². The molecule has 0 fully saturated rings. The van der Waals surface area contributed by atoms with Crippen LogP contribution in [0.4, 0.5) is 0 Å². The van der Waals surface area contributed by atoms with Gasteiger partial charge in [0.15, 0.2) is 0 Å². The van der Waals surface area contributed by atoms with Crippen LogP contribution in [-0.4, -0.2) is 99.8 Å². The van der Waals surface area contributed by atoms with E-state index in [0.717, 1.165) is 0 Å². The molecule has 0 aliphatic rings. The average molecular weight is 293 g/mol. The molecule has 0 amide bonds. The molecule has 0 aromatic heterocycles. The Morgan fingerprint density at radius 3 is 1.00 bits per heavy atom. The first-order chi connectivity index (χ1) is 0. The van der Waals surface area contributed by atoms with E-state index in [-0.39, 0.29) is 122 Å². The Morgan fingerprint density at radius 1 is 1.00 bits per heavy atom. The van der Waals surface area contributed by atoms with Crippen molar-refractivity contribution < 1.29 is 27.2 Å². The summed E-state index contributed by atoms with van der Waals surface area (Å²) in [5.74, 6) is 0. The summed E-state index contributed by atoms with van der Waals surface area (Å²) in [6.45, 7) is 0. The third kappa shape index (κ3) is 9.21. The summed E-state index contributed by atoms with van der Waals surface area (Å²) in [4.78, 5) is 0. The molecule has 0 heterocycles. The van der Waals surface area contributed by atoms with Gasteiger partial charge in [-0.05, 0) is 0 Å². The number of rotatable bonds is 0. The molecule has 0 radical (unpaired) electrons. The van der Waals surface area contributed by atoms with E-state index in [0.29, 0.717) is 0 Å². The molecule has 0 bridgehead atoms. The number of hydrogen-bond acceptors (Lipinski definition) is 1. The normalized spacial score (nSPS) is 0. The topological polar surface area (TPSA) is 30.0 Å². The van der Waals surface area contributed by atoms with Crippen molar-refractivity contribution in [3.63, 3.8) is 0 Å². The maximum atomic E-state index is 0. The second-order valence-electron chi connectivity index (χ2n) is 0. The Bertz CT molecular complexity index is 8.00. The first kappa shape index (κ1) is 25.2. The van der Waals surface area contributed by atoms with Gasteiger partial charge in [0.25, 0.3) is 0 Å². The van der Waals surface area contributed by atoms with Gasteiger partial charge in [0.1, 0.15) is 0 Å². The molecular formula is H4BaOSrTi. The van der Waals surface area contributed by atoms with Gasteiger partial charge in [0.05, 0.1) is 0 Å². The van der Waals surface area contributed by atoms with Crippen molar-refractivity contribution >= 4 is 94.4 Å². The standard InChI is InChI=1S/Ba.H2O.Sr.Ti.3H/h;1H2;;;;;/q+1;;;;;;/p-1. The Balaban J connectivity index is 0. The van der Waals surface area contributed by atoms with Gasteiger partial charge in [0.2, 0.25) is 0 Å². The SMILES string of the molecule is [BaH+].[OH-].[SrH2].[Ti]. The van der Waals surface area contributed by atoms with Crippen molar-refractivity contribution in [3.05, 3.63) is 0 Å². The van der Waals surface area contributed by atoms with Crippen molar-refractivity contribution in [1.82, 2.24) is 0 Å². The van der Waals surface area contributed by atoms with Crippen molar-refractivity contribution in [2.45, 2.75) is 0 Å². The second kappa shape index (κ2) is 15.9. The van der Waals surface area contributed by atoms with Crippen molar-refractivity contribution in [1.29, 1.82) is 0 Å². The monoisotopic (exact) mass is 294 g/mol. The predicted molar refractivity (Wildman–Crippen MR) is 17.6 cm³/mol. The van der Waals surface area contributed by atoms with E-state index in [1.54, 1.807) is 0 Å².